The van der Waals surface area contributed by atoms with Crippen LogP contribution in [0.5, 0.6) is 0 Å². The van der Waals surface area contributed by atoms with Crippen LogP contribution in [0.3, 0.4) is 0 Å². The zero-order chi connectivity index (χ0) is 10.5. The maximum Gasteiger partial charge on any atom is 0.119 e. The zero-order valence-electron chi connectivity index (χ0n) is 9.01. The number of rotatable bonds is 6. The largest absolute Gasteiger partial charge is 0.396 e. The van der Waals surface area contributed by atoms with Gasteiger partial charge in [0.05, 0.1) is 0 Å². The van der Waals surface area contributed by atoms with E-state index in [-0.39, 0.29) is 12.0 Å². The average Bonchev–Trinajstić information content (AvgIpc) is 2.14. The zero-order valence-corrected chi connectivity index (χ0v) is 9.01. The van der Waals surface area contributed by atoms with Gasteiger partial charge in [-0.1, -0.05) is 20.8 Å². The monoisotopic (exact) mass is 189 g/mol. The molecular formula is C10H23NO2. The normalized spacial score (nSPS) is 17.1. The first-order valence-electron chi connectivity index (χ1n) is 5.11. The Morgan fingerprint density at radius 3 is 1.77 bits per heavy atom. The highest BCUT2D eigenvalue weighted by Gasteiger charge is 2.43. The molecule has 13 heavy (non-hydrogen) atoms. The maximum atomic E-state index is 10.0. The molecule has 0 saturated heterocycles. The molecule has 0 aromatic rings. The van der Waals surface area contributed by atoms with Crippen molar-refractivity contribution < 1.29 is 10.2 Å². The molecule has 0 rings (SSSR count). The van der Waals surface area contributed by atoms with Crippen molar-refractivity contribution in [3.05, 3.63) is 0 Å². The van der Waals surface area contributed by atoms with Crippen molar-refractivity contribution in [2.45, 2.75) is 52.2 Å². The highest BCUT2D eigenvalue weighted by molar-refractivity contribution is 4.92. The standard InChI is InChI=1S/C10H23NO2/c1-4-9(5-2,7-8-12)10(11,13)6-3/h12-13H,4-8,11H2,1-3H3. The van der Waals surface area contributed by atoms with E-state index in [1.807, 2.05) is 20.8 Å². The van der Waals surface area contributed by atoms with E-state index in [0.717, 1.165) is 12.8 Å². The molecule has 0 bridgehead atoms. The van der Waals surface area contributed by atoms with Gasteiger partial charge in [0, 0.05) is 12.0 Å². The first-order chi connectivity index (χ1) is 5.99. The molecule has 0 aliphatic heterocycles. The lowest BCUT2D eigenvalue weighted by Gasteiger charge is -2.43. The third-order valence-electron chi connectivity index (χ3n) is 3.40. The van der Waals surface area contributed by atoms with E-state index in [0.29, 0.717) is 12.8 Å². The summed E-state index contributed by atoms with van der Waals surface area (Å²) in [6.45, 7) is 5.97. The van der Waals surface area contributed by atoms with Crippen molar-refractivity contribution in [2.75, 3.05) is 6.61 Å². The molecule has 1 atom stereocenters. The Morgan fingerprint density at radius 2 is 1.54 bits per heavy atom. The summed E-state index contributed by atoms with van der Waals surface area (Å²) in [5, 5.41) is 19.0. The van der Waals surface area contributed by atoms with E-state index in [4.69, 9.17) is 10.8 Å². The lowest BCUT2D eigenvalue weighted by molar-refractivity contribution is -0.0992. The van der Waals surface area contributed by atoms with E-state index in [2.05, 4.69) is 0 Å². The summed E-state index contributed by atoms with van der Waals surface area (Å²) in [5.74, 6) is 0. The molecule has 0 fully saturated rings. The fraction of sp³-hybridized carbons (Fsp3) is 1.00. The van der Waals surface area contributed by atoms with Crippen LogP contribution in [-0.4, -0.2) is 22.5 Å². The second kappa shape index (κ2) is 4.94. The molecule has 0 amide bonds. The van der Waals surface area contributed by atoms with Crippen LogP contribution in [-0.2, 0) is 0 Å². The van der Waals surface area contributed by atoms with Crippen molar-refractivity contribution in [2.24, 2.45) is 11.1 Å². The molecule has 0 aliphatic carbocycles. The van der Waals surface area contributed by atoms with E-state index in [9.17, 15) is 5.11 Å². The SMILES string of the molecule is CCC(N)(O)C(CC)(CC)CCO. The van der Waals surface area contributed by atoms with Crippen LogP contribution in [0.1, 0.15) is 46.5 Å². The van der Waals surface area contributed by atoms with Crippen LogP contribution in [0.25, 0.3) is 0 Å². The van der Waals surface area contributed by atoms with E-state index >= 15 is 0 Å². The Balaban J connectivity index is 4.73. The summed E-state index contributed by atoms with van der Waals surface area (Å²) in [5.41, 5.74) is 4.36. The van der Waals surface area contributed by atoms with E-state index in [1.54, 1.807) is 0 Å². The summed E-state index contributed by atoms with van der Waals surface area (Å²) >= 11 is 0. The Kier molecular flexibility index (Phi) is 4.89. The minimum atomic E-state index is -1.15. The van der Waals surface area contributed by atoms with Gasteiger partial charge in [-0.3, -0.25) is 0 Å². The number of hydrogen-bond acceptors (Lipinski definition) is 3. The number of aliphatic hydroxyl groups is 2. The summed E-state index contributed by atoms with van der Waals surface area (Å²) < 4.78 is 0. The first kappa shape index (κ1) is 12.9. The summed E-state index contributed by atoms with van der Waals surface area (Å²) in [6, 6.07) is 0. The molecule has 0 heterocycles. The third-order valence-corrected chi connectivity index (χ3v) is 3.40. The van der Waals surface area contributed by atoms with Gasteiger partial charge < -0.3 is 15.9 Å². The summed E-state index contributed by atoms with van der Waals surface area (Å²) in [4.78, 5) is 0. The van der Waals surface area contributed by atoms with E-state index < -0.39 is 5.72 Å². The van der Waals surface area contributed by atoms with Crippen LogP contribution in [0.4, 0.5) is 0 Å². The number of hydrogen-bond donors (Lipinski definition) is 3. The topological polar surface area (TPSA) is 66.5 Å². The molecule has 0 aromatic carbocycles. The first-order valence-corrected chi connectivity index (χ1v) is 5.11. The maximum absolute atomic E-state index is 10.0. The number of nitrogens with two attached hydrogens (primary N) is 1. The predicted octanol–water partition coefficient (Wildman–Crippen LogP) is 1.23. The van der Waals surface area contributed by atoms with Crippen LogP contribution in [0, 0.1) is 5.41 Å². The Bertz CT molecular complexity index is 142. The van der Waals surface area contributed by atoms with Crippen LogP contribution < -0.4 is 5.73 Å². The van der Waals surface area contributed by atoms with Gasteiger partial charge in [0.25, 0.3) is 0 Å². The molecule has 3 nitrogen and oxygen atoms in total. The molecule has 0 spiro atoms. The molecular weight excluding hydrogens is 166 g/mol. The van der Waals surface area contributed by atoms with Crippen molar-refractivity contribution in [3.8, 4) is 0 Å². The van der Waals surface area contributed by atoms with Crippen molar-refractivity contribution in [3.63, 3.8) is 0 Å². The second-order valence-corrected chi connectivity index (χ2v) is 3.74. The second-order valence-electron chi connectivity index (χ2n) is 3.74. The van der Waals surface area contributed by atoms with E-state index in [1.165, 1.54) is 0 Å². The van der Waals surface area contributed by atoms with Gasteiger partial charge in [0.1, 0.15) is 5.72 Å². The molecule has 4 N–H and O–H groups in total. The molecule has 3 heteroatoms. The minimum Gasteiger partial charge on any atom is -0.396 e. The Morgan fingerprint density at radius 1 is 1.08 bits per heavy atom. The lowest BCUT2D eigenvalue weighted by Crippen LogP contribution is -2.55. The Labute approximate surface area is 81.0 Å². The van der Waals surface area contributed by atoms with Gasteiger partial charge in [-0.25, -0.2) is 0 Å². The predicted molar refractivity (Wildman–Crippen MR) is 54.1 cm³/mol. The molecule has 0 aliphatic rings. The smallest absolute Gasteiger partial charge is 0.119 e. The fourth-order valence-corrected chi connectivity index (χ4v) is 2.02. The van der Waals surface area contributed by atoms with Crippen molar-refractivity contribution >= 4 is 0 Å². The van der Waals surface area contributed by atoms with Crippen molar-refractivity contribution in [1.82, 2.24) is 0 Å². The fourth-order valence-electron chi connectivity index (χ4n) is 2.02. The molecule has 0 saturated carbocycles. The molecule has 0 aromatic heterocycles. The van der Waals surface area contributed by atoms with Gasteiger partial charge in [-0.05, 0) is 25.7 Å². The highest BCUT2D eigenvalue weighted by Crippen LogP contribution is 2.40. The highest BCUT2D eigenvalue weighted by atomic mass is 16.3. The summed E-state index contributed by atoms with van der Waals surface area (Å²) in [6.07, 6.45) is 2.69. The summed E-state index contributed by atoms with van der Waals surface area (Å²) in [7, 11) is 0. The average molecular weight is 189 g/mol. The van der Waals surface area contributed by atoms with Gasteiger partial charge in [0.15, 0.2) is 0 Å². The van der Waals surface area contributed by atoms with Crippen LogP contribution >= 0.6 is 0 Å². The van der Waals surface area contributed by atoms with Gasteiger partial charge in [0.2, 0.25) is 0 Å². The minimum absolute atomic E-state index is 0.0845. The molecule has 1 unspecified atom stereocenters. The number of aliphatic hydroxyl groups excluding tert-OH is 1. The van der Waals surface area contributed by atoms with Crippen molar-refractivity contribution in [1.29, 1.82) is 0 Å². The van der Waals surface area contributed by atoms with Gasteiger partial charge >= 0.3 is 0 Å². The lowest BCUT2D eigenvalue weighted by atomic mass is 9.70. The third kappa shape index (κ3) is 2.42. The van der Waals surface area contributed by atoms with Crippen LogP contribution in [0.15, 0.2) is 0 Å². The molecule has 80 valence electrons. The quantitative estimate of drug-likeness (QED) is 0.551. The van der Waals surface area contributed by atoms with Gasteiger partial charge in [-0.2, -0.15) is 0 Å². The Hall–Kier alpha value is -0.120. The van der Waals surface area contributed by atoms with Crippen LogP contribution in [0.2, 0.25) is 0 Å². The molecule has 0 radical (unpaired) electrons. The van der Waals surface area contributed by atoms with Gasteiger partial charge in [-0.15, -0.1) is 0 Å².